The maximum Gasteiger partial charge on any atom is 0.416 e. The number of amides is 1. The summed E-state index contributed by atoms with van der Waals surface area (Å²) >= 11 is 0. The van der Waals surface area contributed by atoms with E-state index in [1.54, 1.807) is 36.5 Å². The highest BCUT2D eigenvalue weighted by Gasteiger charge is 2.31. The van der Waals surface area contributed by atoms with Crippen molar-refractivity contribution in [2.75, 3.05) is 18.4 Å². The molecule has 0 saturated carbocycles. The summed E-state index contributed by atoms with van der Waals surface area (Å²) in [4.78, 5) is 23.3. The van der Waals surface area contributed by atoms with E-state index in [-0.39, 0.29) is 17.4 Å². The number of carbonyl (C=O) groups excluding carboxylic acids is 1. The van der Waals surface area contributed by atoms with Gasteiger partial charge in [-0.15, -0.1) is 0 Å². The van der Waals surface area contributed by atoms with E-state index in [4.69, 9.17) is 10.7 Å². The molecule has 11 heteroatoms. The van der Waals surface area contributed by atoms with Gasteiger partial charge in [0.25, 0.3) is 0 Å². The van der Waals surface area contributed by atoms with Gasteiger partial charge in [0, 0.05) is 36.4 Å². The molecule has 3 N–H and O–H groups in total. The predicted molar refractivity (Wildman–Crippen MR) is 154 cm³/mol. The molecule has 1 aliphatic rings. The minimum atomic E-state index is -4.50. The smallest absolute Gasteiger partial charge is 0.366 e. The summed E-state index contributed by atoms with van der Waals surface area (Å²) in [6, 6.07) is 21.9. The normalized spacial score (nSPS) is 14.7. The van der Waals surface area contributed by atoms with Gasteiger partial charge in [-0.05, 0) is 54.8 Å². The fourth-order valence-electron chi connectivity index (χ4n) is 5.27. The molecule has 0 atom stereocenters. The van der Waals surface area contributed by atoms with Crippen LogP contribution in [0.4, 0.5) is 24.7 Å². The highest BCUT2D eigenvalue weighted by Crippen LogP contribution is 2.34. The van der Waals surface area contributed by atoms with E-state index in [9.17, 15) is 18.0 Å². The van der Waals surface area contributed by atoms with Gasteiger partial charge in [0.1, 0.15) is 5.82 Å². The van der Waals surface area contributed by atoms with Crippen LogP contribution in [0.2, 0.25) is 0 Å². The Bertz CT molecular complexity index is 1710. The van der Waals surface area contributed by atoms with Crippen LogP contribution in [0.15, 0.2) is 85.1 Å². The highest BCUT2D eigenvalue weighted by atomic mass is 19.4. The van der Waals surface area contributed by atoms with E-state index in [1.807, 2.05) is 22.9 Å². The van der Waals surface area contributed by atoms with Crippen molar-refractivity contribution in [3.63, 3.8) is 0 Å². The summed E-state index contributed by atoms with van der Waals surface area (Å²) in [5.41, 5.74) is 7.60. The standard InChI is InChI=1S/C31H28F3N7O/c32-31(33,34)23-8-4-7-22(17-23)28-38-29(37-24-11-9-21(10-12-24)27(35)42)26-18-36-41(30(26)39-28)25-13-15-40(16-14-25)19-20-5-2-1-3-6-20/h1-12,17-18,25H,13-16,19H2,(H2,35,42)(H,37,38,39). The number of likely N-dealkylation sites (tertiary alicyclic amines) is 1. The van der Waals surface area contributed by atoms with Gasteiger partial charge in [0.05, 0.1) is 23.2 Å². The number of aromatic nitrogens is 4. The molecule has 6 rings (SSSR count). The average Bonchev–Trinajstić information content (AvgIpc) is 3.42. The number of piperidine rings is 1. The van der Waals surface area contributed by atoms with E-state index >= 15 is 0 Å². The molecule has 8 nitrogen and oxygen atoms in total. The maximum atomic E-state index is 13.5. The third-order valence-corrected chi connectivity index (χ3v) is 7.49. The minimum Gasteiger partial charge on any atom is -0.366 e. The van der Waals surface area contributed by atoms with Crippen molar-refractivity contribution in [1.29, 1.82) is 0 Å². The van der Waals surface area contributed by atoms with Crippen LogP contribution in [-0.4, -0.2) is 43.6 Å². The van der Waals surface area contributed by atoms with Crippen LogP contribution < -0.4 is 11.1 Å². The molecule has 3 aromatic carbocycles. The number of alkyl halides is 3. The number of rotatable bonds is 7. The first-order chi connectivity index (χ1) is 20.2. The lowest BCUT2D eigenvalue weighted by Gasteiger charge is -2.32. The van der Waals surface area contributed by atoms with Crippen LogP contribution in [0.25, 0.3) is 22.4 Å². The number of nitrogens with two attached hydrogens (primary N) is 1. The lowest BCUT2D eigenvalue weighted by Crippen LogP contribution is -2.34. The lowest BCUT2D eigenvalue weighted by atomic mass is 10.0. The van der Waals surface area contributed by atoms with Crippen molar-refractivity contribution >= 4 is 28.4 Å². The van der Waals surface area contributed by atoms with Crippen molar-refractivity contribution in [3.05, 3.63) is 102 Å². The summed E-state index contributed by atoms with van der Waals surface area (Å²) < 4.78 is 42.4. The summed E-state index contributed by atoms with van der Waals surface area (Å²) in [5, 5.41) is 8.54. The molecule has 42 heavy (non-hydrogen) atoms. The molecule has 2 aromatic heterocycles. The zero-order chi connectivity index (χ0) is 29.3. The first-order valence-corrected chi connectivity index (χ1v) is 13.6. The summed E-state index contributed by atoms with van der Waals surface area (Å²) in [6.45, 7) is 2.63. The van der Waals surface area contributed by atoms with Gasteiger partial charge in [0.15, 0.2) is 11.5 Å². The van der Waals surface area contributed by atoms with Crippen molar-refractivity contribution in [3.8, 4) is 11.4 Å². The average molecular weight is 572 g/mol. The quantitative estimate of drug-likeness (QED) is 0.242. The maximum absolute atomic E-state index is 13.5. The van der Waals surface area contributed by atoms with Gasteiger partial charge in [-0.2, -0.15) is 18.3 Å². The molecule has 1 aliphatic heterocycles. The number of carbonyl (C=O) groups is 1. The van der Waals surface area contributed by atoms with Crippen LogP contribution >= 0.6 is 0 Å². The third-order valence-electron chi connectivity index (χ3n) is 7.49. The van der Waals surface area contributed by atoms with Crippen LogP contribution in [0.1, 0.15) is 40.4 Å². The topological polar surface area (TPSA) is 102 Å². The predicted octanol–water partition coefficient (Wildman–Crippen LogP) is 6.19. The Morgan fingerprint density at radius 1 is 0.952 bits per heavy atom. The molecular formula is C31H28F3N7O. The fraction of sp³-hybridized carbons (Fsp3) is 0.226. The number of primary amides is 1. The molecule has 0 bridgehead atoms. The summed E-state index contributed by atoms with van der Waals surface area (Å²) in [5.74, 6) is -0.00554. The Kier molecular flexibility index (Phi) is 7.34. The van der Waals surface area contributed by atoms with Crippen molar-refractivity contribution in [2.45, 2.75) is 31.6 Å². The Morgan fingerprint density at radius 2 is 1.69 bits per heavy atom. The van der Waals surface area contributed by atoms with Gasteiger partial charge in [-0.3, -0.25) is 9.69 Å². The van der Waals surface area contributed by atoms with Gasteiger partial charge in [-0.25, -0.2) is 14.6 Å². The van der Waals surface area contributed by atoms with Crippen LogP contribution in [0.5, 0.6) is 0 Å². The molecular weight excluding hydrogens is 543 g/mol. The number of halogens is 3. The molecule has 0 spiro atoms. The number of fused-ring (bicyclic) bond motifs is 1. The summed E-state index contributed by atoms with van der Waals surface area (Å²) in [7, 11) is 0. The fourth-order valence-corrected chi connectivity index (χ4v) is 5.27. The van der Waals surface area contributed by atoms with E-state index in [0.717, 1.165) is 44.6 Å². The number of benzene rings is 3. The van der Waals surface area contributed by atoms with Crippen molar-refractivity contribution < 1.29 is 18.0 Å². The van der Waals surface area contributed by atoms with E-state index in [1.165, 1.54) is 11.6 Å². The molecule has 1 amide bonds. The Hall–Kier alpha value is -4.77. The number of anilines is 2. The molecule has 1 saturated heterocycles. The van der Waals surface area contributed by atoms with Crippen molar-refractivity contribution in [1.82, 2.24) is 24.6 Å². The van der Waals surface area contributed by atoms with Gasteiger partial charge in [0.2, 0.25) is 5.91 Å². The number of nitrogens with zero attached hydrogens (tertiary/aromatic N) is 5. The van der Waals surface area contributed by atoms with Crippen molar-refractivity contribution in [2.24, 2.45) is 5.73 Å². The largest absolute Gasteiger partial charge is 0.416 e. The second-order valence-corrected chi connectivity index (χ2v) is 10.4. The van der Waals surface area contributed by atoms with E-state index in [0.29, 0.717) is 28.1 Å². The minimum absolute atomic E-state index is 0.0708. The van der Waals surface area contributed by atoms with E-state index < -0.39 is 17.6 Å². The molecule has 0 unspecified atom stereocenters. The number of hydrogen-bond donors (Lipinski definition) is 2. The SMILES string of the molecule is NC(=O)c1ccc(Nc2nc(-c3cccc(C(F)(F)F)c3)nc3c2cnn3C2CCN(Cc3ccccc3)CC2)cc1. The van der Waals surface area contributed by atoms with Crippen LogP contribution in [-0.2, 0) is 12.7 Å². The Labute approximate surface area is 240 Å². The Morgan fingerprint density at radius 3 is 2.38 bits per heavy atom. The van der Waals surface area contributed by atoms with Crippen LogP contribution in [0.3, 0.4) is 0 Å². The first kappa shape index (κ1) is 27.4. The van der Waals surface area contributed by atoms with Crippen LogP contribution in [0, 0.1) is 0 Å². The molecule has 5 aromatic rings. The van der Waals surface area contributed by atoms with Gasteiger partial charge >= 0.3 is 6.18 Å². The third kappa shape index (κ3) is 5.82. The second-order valence-electron chi connectivity index (χ2n) is 10.4. The first-order valence-electron chi connectivity index (χ1n) is 13.6. The second kappa shape index (κ2) is 11.2. The zero-order valence-electron chi connectivity index (χ0n) is 22.6. The molecule has 3 heterocycles. The molecule has 0 radical (unpaired) electrons. The molecule has 214 valence electrons. The lowest BCUT2D eigenvalue weighted by molar-refractivity contribution is -0.137. The Balaban J connectivity index is 1.34. The van der Waals surface area contributed by atoms with Gasteiger partial charge < -0.3 is 11.1 Å². The number of nitrogens with one attached hydrogen (secondary N) is 1. The van der Waals surface area contributed by atoms with Gasteiger partial charge in [-0.1, -0.05) is 42.5 Å². The zero-order valence-corrected chi connectivity index (χ0v) is 22.6. The highest BCUT2D eigenvalue weighted by molar-refractivity contribution is 5.94. The number of hydrogen-bond acceptors (Lipinski definition) is 6. The molecule has 1 fully saturated rings. The van der Waals surface area contributed by atoms with E-state index in [2.05, 4.69) is 32.4 Å². The monoisotopic (exact) mass is 571 g/mol. The molecule has 0 aliphatic carbocycles. The summed E-state index contributed by atoms with van der Waals surface area (Å²) in [6.07, 6.45) is -1.12.